The van der Waals surface area contributed by atoms with Crippen LogP contribution >= 0.6 is 0 Å². The van der Waals surface area contributed by atoms with Gasteiger partial charge in [-0.2, -0.15) is 0 Å². The van der Waals surface area contributed by atoms with E-state index in [4.69, 9.17) is 9.47 Å². The molecule has 6 aliphatic rings. The van der Waals surface area contributed by atoms with Crippen molar-refractivity contribution in [2.75, 3.05) is 6.61 Å². The van der Waals surface area contributed by atoms with Crippen LogP contribution in [0.4, 0.5) is 0 Å². The molecular weight excluding hydrogens is 1380 g/mol. The molecule has 2 heterocycles. The zero-order valence-electron chi connectivity index (χ0n) is 62.9. The number of allylic oxidation sites excluding steroid dienone is 6. The SMILES string of the molecule is C=C(C)[C@@H]1CCC(C(=O)O)=C[C@H]1c1c(O)cc(CCC)c(C(=O)O)c1O.C=C(C)[C@@H]1CCC(C(=O)O)=C[C@H]1c1c(O)cc(CCCCC)c(C(=O)O)c1O.CCCCCc1cc2c(c(O)c1C(=O)O)[C@@H]1C=C(C(=O)O)CC[C@H]1C(C)(C)O2.CCCc1cc2c(c(O)c1C(=O)O)[C@@H]1C=C(CO)CC[C@H]1C(C)(C)O2. The lowest BCUT2D eigenvalue weighted by Crippen LogP contribution is -2.45. The molecular formula is C84H106O23. The van der Waals surface area contributed by atoms with Crippen LogP contribution in [0.2, 0.25) is 0 Å². The first-order chi connectivity index (χ1) is 50.3. The van der Waals surface area contributed by atoms with E-state index in [1.54, 1.807) is 25.1 Å². The van der Waals surface area contributed by atoms with Gasteiger partial charge in [0.05, 0.1) is 6.61 Å². The highest BCUT2D eigenvalue weighted by atomic mass is 16.5. The molecule has 2 aliphatic heterocycles. The Balaban J connectivity index is 0.000000199. The van der Waals surface area contributed by atoms with Crippen LogP contribution in [0.5, 0.6) is 46.0 Å². The van der Waals surface area contributed by atoms with E-state index >= 15 is 0 Å². The van der Waals surface area contributed by atoms with Crippen LogP contribution in [0, 0.1) is 23.7 Å². The Labute approximate surface area is 624 Å². The van der Waals surface area contributed by atoms with Crippen molar-refractivity contribution >= 4 is 41.8 Å². The summed E-state index contributed by atoms with van der Waals surface area (Å²) in [6.45, 7) is 27.4. The second-order valence-corrected chi connectivity index (χ2v) is 30.1. The van der Waals surface area contributed by atoms with Gasteiger partial charge in [-0.05, 0) is 195 Å². The number of carboxylic acid groups (broad SMARTS) is 7. The van der Waals surface area contributed by atoms with Gasteiger partial charge in [0, 0.05) is 74.5 Å². The number of rotatable bonds is 24. The molecule has 0 fully saturated rings. The molecule has 8 atom stereocenters. The van der Waals surface area contributed by atoms with E-state index in [0.717, 1.165) is 74.5 Å². The van der Waals surface area contributed by atoms with Gasteiger partial charge in [-0.1, -0.05) is 115 Å². The second kappa shape index (κ2) is 35.6. The molecule has 0 saturated heterocycles. The maximum Gasteiger partial charge on any atom is 0.339 e. The number of carboxylic acids is 7. The zero-order valence-corrected chi connectivity index (χ0v) is 62.9. The number of aliphatic carboxylic acids is 3. The van der Waals surface area contributed by atoms with Gasteiger partial charge in [0.15, 0.2) is 0 Å². The van der Waals surface area contributed by atoms with Crippen LogP contribution in [0.1, 0.15) is 282 Å². The smallest absolute Gasteiger partial charge is 0.339 e. The zero-order chi connectivity index (χ0) is 79.6. The first-order valence-electron chi connectivity index (χ1n) is 37.0. The molecule has 0 radical (unpaired) electrons. The molecule has 23 nitrogen and oxygen atoms in total. The second-order valence-electron chi connectivity index (χ2n) is 30.1. The summed E-state index contributed by atoms with van der Waals surface area (Å²) in [5.74, 6) is -11.0. The molecule has 0 spiro atoms. The normalized spacial score (nSPS) is 21.3. The average Bonchev–Trinajstić information content (AvgIpc) is 0.739. The minimum atomic E-state index is -1.28. The standard InChI is InChI=1S/2C22H28O6.C20H24O6.C20H26O5/c1-4-5-6-7-12-11-16-18(19(23)17(12)21(26)27)14-10-13(20(24)25)8-9-15(14)22(2,3)28-16;1-4-5-6-7-13-11-17(23)19(20(24)18(13)22(27)28)16-10-14(21(25)26)8-9-15(16)12(2)3;1-4-5-11-9-15(21)17(18(22)16(11)20(25)26)14-8-12(19(23)24)6-7-13(14)10(2)3;1-4-5-12-9-15-17(18(22)16(12)19(23)24)13-8-11(10-21)6-7-14(13)20(2,3)25-15/h10-11,14-15,23H,4-9H2,1-3H3,(H,24,25)(H,26,27);10-11,15-16,23-24H,2,4-9H2,1,3H3,(H,25,26)(H,27,28);8-9,13-14,21-22H,2,4-7H2,1,3H3,(H,23,24)(H,25,26);8-9,13-14,21-22H,4-7,10H2,1-3H3,(H,23,24)/t14-,15-;15-,16+;13-,14+;13-,14-/m1001/s1. The Hall–Kier alpha value is -10.0. The van der Waals surface area contributed by atoms with Gasteiger partial charge in [0.1, 0.15) is 79.5 Å². The first kappa shape index (κ1) is 84.2. The van der Waals surface area contributed by atoms with Crippen molar-refractivity contribution in [3.05, 3.63) is 162 Å². The highest BCUT2D eigenvalue weighted by Gasteiger charge is 2.49. The van der Waals surface area contributed by atoms with Crippen LogP contribution in [0.3, 0.4) is 0 Å². The van der Waals surface area contributed by atoms with E-state index in [1.807, 2.05) is 61.5 Å². The number of aryl methyl sites for hydroxylation is 4. The van der Waals surface area contributed by atoms with Gasteiger partial charge in [-0.25, -0.2) is 33.6 Å². The Morgan fingerprint density at radius 2 is 0.710 bits per heavy atom. The summed E-state index contributed by atoms with van der Waals surface area (Å²) < 4.78 is 12.4. The number of aliphatic hydroxyl groups is 1. The molecule has 4 aliphatic carbocycles. The summed E-state index contributed by atoms with van der Waals surface area (Å²) in [4.78, 5) is 81.5. The number of benzene rings is 4. The number of fused-ring (bicyclic) bond motifs is 6. The number of phenols is 6. The highest BCUT2D eigenvalue weighted by molar-refractivity contribution is 5.97. The maximum absolute atomic E-state index is 11.9. The number of aromatic hydroxyl groups is 6. The molecule has 4 aromatic carbocycles. The molecule has 0 amide bonds. The molecule has 0 saturated carbocycles. The summed E-state index contributed by atoms with van der Waals surface area (Å²) in [5.41, 5.74) is 4.57. The number of ether oxygens (including phenoxy) is 2. The van der Waals surface area contributed by atoms with Gasteiger partial charge in [-0.15, -0.1) is 0 Å². The monoisotopic (exact) mass is 1480 g/mol. The van der Waals surface area contributed by atoms with E-state index in [2.05, 4.69) is 20.1 Å². The minimum absolute atomic E-state index is 0.0136. The van der Waals surface area contributed by atoms with Crippen molar-refractivity contribution in [2.45, 2.75) is 233 Å². The van der Waals surface area contributed by atoms with Crippen LogP contribution in [-0.4, -0.2) is 131 Å². The van der Waals surface area contributed by atoms with Crippen LogP contribution < -0.4 is 9.47 Å². The lowest BCUT2D eigenvalue weighted by atomic mass is 9.67. The number of aromatic carboxylic acids is 4. The Bertz CT molecular complexity index is 4250. The number of carbonyl (C=O) groups is 7. The van der Waals surface area contributed by atoms with E-state index in [1.165, 1.54) is 24.3 Å². The summed E-state index contributed by atoms with van der Waals surface area (Å²) >= 11 is 0. The van der Waals surface area contributed by atoms with E-state index in [-0.39, 0.29) is 110 Å². The highest BCUT2D eigenvalue weighted by Crippen LogP contribution is 2.58. The van der Waals surface area contributed by atoms with Crippen LogP contribution in [-0.2, 0) is 40.1 Å². The first-order valence-corrected chi connectivity index (χ1v) is 37.0. The summed E-state index contributed by atoms with van der Waals surface area (Å²) in [6.07, 6.45) is 19.8. The molecule has 14 N–H and O–H groups in total. The van der Waals surface area contributed by atoms with Crippen molar-refractivity contribution in [3.63, 3.8) is 0 Å². The van der Waals surface area contributed by atoms with Gasteiger partial charge < -0.3 is 81.0 Å². The number of aliphatic hydroxyl groups excluding tert-OH is 1. The quantitative estimate of drug-likeness (QED) is 0.0229. The fourth-order valence-electron chi connectivity index (χ4n) is 16.6. The molecule has 23 heteroatoms. The van der Waals surface area contributed by atoms with Gasteiger partial charge in [-0.3, -0.25) is 0 Å². The average molecular weight is 1480 g/mol. The number of unbranched alkanes of at least 4 members (excludes halogenated alkanes) is 4. The summed E-state index contributed by atoms with van der Waals surface area (Å²) in [6, 6.07) is 6.27. The van der Waals surface area contributed by atoms with Crippen molar-refractivity contribution in [3.8, 4) is 46.0 Å². The summed E-state index contributed by atoms with van der Waals surface area (Å²) in [5, 5.41) is 141. The third-order valence-electron chi connectivity index (χ3n) is 22.0. The lowest BCUT2D eigenvalue weighted by molar-refractivity contribution is -0.134. The minimum Gasteiger partial charge on any atom is -0.507 e. The maximum atomic E-state index is 11.9. The lowest BCUT2D eigenvalue weighted by Gasteiger charge is -2.46. The molecule has 580 valence electrons. The fraction of sp³-hybridized carbons (Fsp3) is 0.488. The molecule has 107 heavy (non-hydrogen) atoms. The molecule has 0 unspecified atom stereocenters. The molecule has 10 rings (SSSR count). The molecule has 0 aromatic heterocycles. The molecule has 0 bridgehead atoms. The van der Waals surface area contributed by atoms with Crippen molar-refractivity contribution in [1.82, 2.24) is 0 Å². The largest absolute Gasteiger partial charge is 0.507 e. The Morgan fingerprint density at radius 3 is 1.04 bits per heavy atom. The third-order valence-corrected chi connectivity index (χ3v) is 22.0. The van der Waals surface area contributed by atoms with Gasteiger partial charge >= 0.3 is 41.8 Å². The van der Waals surface area contributed by atoms with Crippen LogP contribution in [0.25, 0.3) is 0 Å². The van der Waals surface area contributed by atoms with E-state index in [9.17, 15) is 105 Å². The fourth-order valence-corrected chi connectivity index (χ4v) is 16.6. The number of hydrogen-bond donors (Lipinski definition) is 14. The third kappa shape index (κ3) is 18.5. The topological polar surface area (TPSA) is 421 Å². The van der Waals surface area contributed by atoms with Crippen molar-refractivity contribution in [1.29, 1.82) is 0 Å². The Morgan fingerprint density at radius 1 is 0.402 bits per heavy atom. The van der Waals surface area contributed by atoms with Crippen molar-refractivity contribution in [2.24, 2.45) is 23.7 Å². The predicted molar refractivity (Wildman–Crippen MR) is 401 cm³/mol. The van der Waals surface area contributed by atoms with E-state index < -0.39 is 76.3 Å². The Kier molecular flexibility index (Phi) is 28.0. The number of phenolic OH excluding ortho intramolecular Hbond substituents is 2. The summed E-state index contributed by atoms with van der Waals surface area (Å²) in [7, 11) is 0. The van der Waals surface area contributed by atoms with Gasteiger partial charge in [0.25, 0.3) is 0 Å². The molecule has 4 aromatic rings. The van der Waals surface area contributed by atoms with Gasteiger partial charge in [0.2, 0.25) is 0 Å². The van der Waals surface area contributed by atoms with Crippen LogP contribution in [0.15, 0.2) is 95.2 Å². The predicted octanol–water partition coefficient (Wildman–Crippen LogP) is 16.6. The van der Waals surface area contributed by atoms with E-state index in [0.29, 0.717) is 121 Å². The number of hydrogen-bond acceptors (Lipinski definition) is 16. The van der Waals surface area contributed by atoms with Crippen molar-refractivity contribution < 1.29 is 115 Å².